The third-order valence-corrected chi connectivity index (χ3v) is 4.47. The maximum absolute atomic E-state index is 8.52. The van der Waals surface area contributed by atoms with E-state index in [4.69, 9.17) is 11.1 Å². The van der Waals surface area contributed by atoms with E-state index in [0.717, 1.165) is 21.9 Å². The Hall–Kier alpha value is -3.39. The predicted molar refractivity (Wildman–Crippen MR) is 106 cm³/mol. The van der Waals surface area contributed by atoms with E-state index in [1.807, 2.05) is 48.5 Å². The summed E-state index contributed by atoms with van der Waals surface area (Å²) in [6.45, 7) is 0. The first-order chi connectivity index (χ1) is 12.2. The van der Waals surface area contributed by atoms with Crippen LogP contribution in [-0.4, -0.2) is 5.71 Å². The Bertz CT molecular complexity index is 1070. The Balaban J connectivity index is 1.79. The standard InChI is InChI=1S/C23H18N2/c24-22-9-5-4-8-21(22)23(25)19-13-11-17-10-12-18(14-20(17)15-19)16-6-2-1-3-7-16/h1-15,25H,24H2. The summed E-state index contributed by atoms with van der Waals surface area (Å²) in [4.78, 5) is 0. The molecule has 0 saturated carbocycles. The van der Waals surface area contributed by atoms with Gasteiger partial charge in [-0.15, -0.1) is 0 Å². The van der Waals surface area contributed by atoms with Crippen molar-refractivity contribution in [2.45, 2.75) is 0 Å². The molecule has 0 bridgehead atoms. The van der Waals surface area contributed by atoms with Gasteiger partial charge < -0.3 is 5.73 Å². The molecule has 0 atom stereocenters. The van der Waals surface area contributed by atoms with Crippen LogP contribution in [0.3, 0.4) is 0 Å². The van der Waals surface area contributed by atoms with Gasteiger partial charge in [0, 0.05) is 16.8 Å². The molecule has 120 valence electrons. The Morgan fingerprint density at radius 2 is 1.36 bits per heavy atom. The van der Waals surface area contributed by atoms with Crippen molar-refractivity contribution in [2.75, 3.05) is 5.73 Å². The average molecular weight is 322 g/mol. The number of benzene rings is 4. The van der Waals surface area contributed by atoms with Crippen molar-refractivity contribution in [2.24, 2.45) is 0 Å². The van der Waals surface area contributed by atoms with Crippen LogP contribution in [0.25, 0.3) is 21.9 Å². The van der Waals surface area contributed by atoms with Crippen LogP contribution in [0.1, 0.15) is 11.1 Å². The number of hydrogen-bond donors (Lipinski definition) is 2. The minimum absolute atomic E-state index is 0.449. The lowest BCUT2D eigenvalue weighted by Gasteiger charge is -2.10. The molecular formula is C23H18N2. The van der Waals surface area contributed by atoms with Crippen molar-refractivity contribution < 1.29 is 0 Å². The topological polar surface area (TPSA) is 49.9 Å². The average Bonchev–Trinajstić information content (AvgIpc) is 2.67. The molecule has 0 unspecified atom stereocenters. The van der Waals surface area contributed by atoms with Crippen LogP contribution in [0.15, 0.2) is 91.0 Å². The van der Waals surface area contributed by atoms with Gasteiger partial charge in [-0.3, -0.25) is 5.41 Å². The molecule has 0 aromatic heterocycles. The van der Waals surface area contributed by atoms with E-state index < -0.39 is 0 Å². The zero-order chi connectivity index (χ0) is 17.2. The maximum atomic E-state index is 8.52. The minimum Gasteiger partial charge on any atom is -0.398 e. The second-order valence-corrected chi connectivity index (χ2v) is 6.10. The van der Waals surface area contributed by atoms with E-state index in [1.54, 1.807) is 0 Å². The Morgan fingerprint density at radius 3 is 2.16 bits per heavy atom. The van der Waals surface area contributed by atoms with Crippen LogP contribution in [0.2, 0.25) is 0 Å². The lowest BCUT2D eigenvalue weighted by Crippen LogP contribution is -2.05. The number of fused-ring (bicyclic) bond motifs is 1. The quantitative estimate of drug-likeness (QED) is 0.379. The second kappa shape index (κ2) is 6.25. The van der Waals surface area contributed by atoms with Gasteiger partial charge in [0.15, 0.2) is 0 Å². The van der Waals surface area contributed by atoms with Gasteiger partial charge in [0.1, 0.15) is 0 Å². The zero-order valence-corrected chi connectivity index (χ0v) is 13.7. The molecule has 0 fully saturated rings. The van der Waals surface area contributed by atoms with Crippen molar-refractivity contribution in [3.05, 3.63) is 102 Å². The highest BCUT2D eigenvalue weighted by Gasteiger charge is 2.09. The Kier molecular flexibility index (Phi) is 3.79. The first kappa shape index (κ1) is 15.2. The van der Waals surface area contributed by atoms with Gasteiger partial charge in [0.2, 0.25) is 0 Å². The van der Waals surface area contributed by atoms with Gasteiger partial charge in [-0.1, -0.05) is 72.8 Å². The van der Waals surface area contributed by atoms with E-state index in [2.05, 4.69) is 42.5 Å². The molecule has 3 N–H and O–H groups in total. The highest BCUT2D eigenvalue weighted by atomic mass is 14.6. The van der Waals surface area contributed by atoms with E-state index >= 15 is 0 Å². The lowest BCUT2D eigenvalue weighted by atomic mass is 9.96. The summed E-state index contributed by atoms with van der Waals surface area (Å²) >= 11 is 0. The molecule has 4 aromatic carbocycles. The lowest BCUT2D eigenvalue weighted by molar-refractivity contribution is 1.46. The first-order valence-corrected chi connectivity index (χ1v) is 8.25. The highest BCUT2D eigenvalue weighted by molar-refractivity contribution is 6.15. The molecule has 25 heavy (non-hydrogen) atoms. The molecule has 0 amide bonds. The smallest absolute Gasteiger partial charge is 0.0705 e. The van der Waals surface area contributed by atoms with Gasteiger partial charge in [-0.05, 0) is 40.1 Å². The third kappa shape index (κ3) is 2.90. The number of anilines is 1. The maximum Gasteiger partial charge on any atom is 0.0705 e. The van der Waals surface area contributed by atoms with Crippen molar-refractivity contribution in [3.8, 4) is 11.1 Å². The van der Waals surface area contributed by atoms with Crippen molar-refractivity contribution >= 4 is 22.2 Å². The van der Waals surface area contributed by atoms with Crippen LogP contribution >= 0.6 is 0 Å². The Labute approximate surface area is 147 Å². The van der Waals surface area contributed by atoms with Crippen LogP contribution in [0, 0.1) is 5.41 Å². The largest absolute Gasteiger partial charge is 0.398 e. The van der Waals surface area contributed by atoms with Crippen molar-refractivity contribution in [3.63, 3.8) is 0 Å². The monoisotopic (exact) mass is 322 g/mol. The number of nitrogen functional groups attached to an aromatic ring is 1. The van der Waals surface area contributed by atoms with Gasteiger partial charge in [-0.25, -0.2) is 0 Å². The normalized spacial score (nSPS) is 10.7. The first-order valence-electron chi connectivity index (χ1n) is 8.25. The van der Waals surface area contributed by atoms with Gasteiger partial charge in [0.05, 0.1) is 5.71 Å². The highest BCUT2D eigenvalue weighted by Crippen LogP contribution is 2.26. The number of nitrogens with one attached hydrogen (secondary N) is 1. The van der Waals surface area contributed by atoms with Gasteiger partial charge in [0.25, 0.3) is 0 Å². The van der Waals surface area contributed by atoms with E-state index in [-0.39, 0.29) is 0 Å². The van der Waals surface area contributed by atoms with E-state index in [9.17, 15) is 0 Å². The molecule has 0 aliphatic carbocycles. The summed E-state index contributed by atoms with van der Waals surface area (Å²) in [6, 6.07) is 30.4. The third-order valence-electron chi connectivity index (χ3n) is 4.47. The summed E-state index contributed by atoms with van der Waals surface area (Å²) in [5.74, 6) is 0. The SMILES string of the molecule is N=C(c1ccc2ccc(-c3ccccc3)cc2c1)c1ccccc1N. The molecule has 2 nitrogen and oxygen atoms in total. The number of para-hydroxylation sites is 1. The summed E-state index contributed by atoms with van der Waals surface area (Å²) in [5, 5.41) is 10.8. The molecule has 2 heteroatoms. The predicted octanol–water partition coefficient (Wildman–Crippen LogP) is 5.51. The van der Waals surface area contributed by atoms with Gasteiger partial charge in [-0.2, -0.15) is 0 Å². The fourth-order valence-corrected chi connectivity index (χ4v) is 3.09. The van der Waals surface area contributed by atoms with Crippen molar-refractivity contribution in [1.82, 2.24) is 0 Å². The fraction of sp³-hybridized carbons (Fsp3) is 0. The minimum atomic E-state index is 0.449. The number of rotatable bonds is 3. The molecule has 0 aliphatic rings. The summed E-state index contributed by atoms with van der Waals surface area (Å²) in [6.07, 6.45) is 0. The van der Waals surface area contributed by atoms with Gasteiger partial charge >= 0.3 is 0 Å². The molecule has 4 aromatic rings. The van der Waals surface area contributed by atoms with Crippen LogP contribution in [0.4, 0.5) is 5.69 Å². The summed E-state index contributed by atoms with van der Waals surface area (Å²) < 4.78 is 0. The molecule has 0 aliphatic heterocycles. The second-order valence-electron chi connectivity index (χ2n) is 6.10. The Morgan fingerprint density at radius 1 is 0.640 bits per heavy atom. The molecule has 0 radical (unpaired) electrons. The van der Waals surface area contributed by atoms with E-state index in [0.29, 0.717) is 11.4 Å². The summed E-state index contributed by atoms with van der Waals surface area (Å²) in [5.41, 5.74) is 11.1. The van der Waals surface area contributed by atoms with Crippen LogP contribution < -0.4 is 5.73 Å². The molecule has 0 saturated heterocycles. The fourth-order valence-electron chi connectivity index (χ4n) is 3.09. The van der Waals surface area contributed by atoms with Crippen molar-refractivity contribution in [1.29, 1.82) is 5.41 Å². The summed E-state index contributed by atoms with van der Waals surface area (Å²) in [7, 11) is 0. The van der Waals surface area contributed by atoms with Crippen LogP contribution in [-0.2, 0) is 0 Å². The molecule has 0 spiro atoms. The zero-order valence-electron chi connectivity index (χ0n) is 13.7. The molecular weight excluding hydrogens is 304 g/mol. The molecule has 4 rings (SSSR count). The van der Waals surface area contributed by atoms with E-state index in [1.165, 1.54) is 11.1 Å². The number of hydrogen-bond acceptors (Lipinski definition) is 2. The van der Waals surface area contributed by atoms with Crippen LogP contribution in [0.5, 0.6) is 0 Å². The number of nitrogens with two attached hydrogens (primary N) is 1. The molecule has 0 heterocycles.